The van der Waals surface area contributed by atoms with Gasteiger partial charge in [0.1, 0.15) is 12.4 Å². The molecule has 0 radical (unpaired) electrons. The highest BCUT2D eigenvalue weighted by atomic mass is 16.5. The highest BCUT2D eigenvalue weighted by Gasteiger charge is 2.14. The van der Waals surface area contributed by atoms with Crippen molar-refractivity contribution in [3.8, 4) is 16.9 Å². The van der Waals surface area contributed by atoms with Crippen LogP contribution in [0.5, 0.6) is 5.75 Å². The molecule has 0 atom stereocenters. The molecule has 3 heteroatoms. The predicted molar refractivity (Wildman–Crippen MR) is 98.9 cm³/mol. The molecule has 24 heavy (non-hydrogen) atoms. The van der Waals surface area contributed by atoms with Gasteiger partial charge in [-0.15, -0.1) is 0 Å². The molecule has 0 amide bonds. The number of hydrogen-bond acceptors (Lipinski definition) is 3. The van der Waals surface area contributed by atoms with E-state index < -0.39 is 0 Å². The molecule has 0 saturated heterocycles. The number of aliphatic hydroxyl groups is 1. The molecule has 0 aliphatic carbocycles. The van der Waals surface area contributed by atoms with E-state index in [9.17, 15) is 0 Å². The van der Waals surface area contributed by atoms with Crippen LogP contribution in [0.3, 0.4) is 0 Å². The molecule has 2 aromatic carbocycles. The molecule has 3 nitrogen and oxygen atoms in total. The van der Waals surface area contributed by atoms with E-state index in [0.29, 0.717) is 13.2 Å². The third-order valence-corrected chi connectivity index (χ3v) is 4.24. The van der Waals surface area contributed by atoms with Crippen molar-refractivity contribution >= 4 is 0 Å². The van der Waals surface area contributed by atoms with Crippen molar-refractivity contribution in [2.75, 3.05) is 26.9 Å². The lowest BCUT2D eigenvalue weighted by Crippen LogP contribution is -2.06. The molecule has 0 heterocycles. The van der Waals surface area contributed by atoms with Gasteiger partial charge in [0.25, 0.3) is 0 Å². The van der Waals surface area contributed by atoms with Crippen LogP contribution in [-0.2, 0) is 17.6 Å². The van der Waals surface area contributed by atoms with E-state index in [-0.39, 0.29) is 6.61 Å². The molecular weight excluding hydrogens is 300 g/mol. The first-order chi connectivity index (χ1) is 11.6. The van der Waals surface area contributed by atoms with Crippen LogP contribution in [0.4, 0.5) is 0 Å². The van der Waals surface area contributed by atoms with E-state index in [0.717, 1.165) is 18.6 Å². The molecule has 130 valence electrons. The fraction of sp³-hybridized carbons (Fsp3) is 0.429. The molecule has 0 aliphatic heterocycles. The van der Waals surface area contributed by atoms with Gasteiger partial charge in [0, 0.05) is 7.11 Å². The Bertz CT molecular complexity index is 677. The summed E-state index contributed by atoms with van der Waals surface area (Å²) >= 11 is 0. The first-order valence-electron chi connectivity index (χ1n) is 8.56. The van der Waals surface area contributed by atoms with Gasteiger partial charge >= 0.3 is 0 Å². The first kappa shape index (κ1) is 18.5. The molecule has 1 N–H and O–H groups in total. The second kappa shape index (κ2) is 8.86. The summed E-state index contributed by atoms with van der Waals surface area (Å²) in [5.74, 6) is 0.820. The van der Waals surface area contributed by atoms with Gasteiger partial charge in [-0.3, -0.25) is 0 Å². The van der Waals surface area contributed by atoms with Gasteiger partial charge < -0.3 is 14.6 Å². The fourth-order valence-corrected chi connectivity index (χ4v) is 3.11. The zero-order valence-corrected chi connectivity index (χ0v) is 15.2. The summed E-state index contributed by atoms with van der Waals surface area (Å²) in [6, 6.07) is 10.8. The summed E-state index contributed by atoms with van der Waals surface area (Å²) in [5.41, 5.74) is 7.63. The molecule has 0 saturated carbocycles. The van der Waals surface area contributed by atoms with Gasteiger partial charge in [-0.2, -0.15) is 0 Å². The number of hydrogen-bond donors (Lipinski definition) is 1. The van der Waals surface area contributed by atoms with Gasteiger partial charge in [0.05, 0.1) is 13.2 Å². The molecule has 0 unspecified atom stereocenters. The fourth-order valence-electron chi connectivity index (χ4n) is 3.11. The number of aryl methyl sites for hydroxylation is 3. The summed E-state index contributed by atoms with van der Waals surface area (Å²) in [6.07, 6.45) is 1.77. The molecule has 0 fully saturated rings. The average Bonchev–Trinajstić information content (AvgIpc) is 2.58. The van der Waals surface area contributed by atoms with Gasteiger partial charge in [0.2, 0.25) is 0 Å². The van der Waals surface area contributed by atoms with Crippen molar-refractivity contribution < 1.29 is 14.6 Å². The van der Waals surface area contributed by atoms with Crippen molar-refractivity contribution in [2.24, 2.45) is 0 Å². The van der Waals surface area contributed by atoms with Crippen LogP contribution in [0.1, 0.15) is 29.2 Å². The second-order valence-electron chi connectivity index (χ2n) is 6.10. The number of rotatable bonds is 8. The standard InChI is InChI=1S/C21H28O3/c1-5-17-13-19(24-11-9-22)14-18(8-10-23-4)21(17)20-7-6-15(2)12-16(20)3/h6-7,12-14,22H,5,8-11H2,1-4H3. The minimum Gasteiger partial charge on any atom is -0.491 e. The lowest BCUT2D eigenvalue weighted by molar-refractivity contribution is 0.199. The van der Waals surface area contributed by atoms with E-state index in [1.54, 1.807) is 7.11 Å². The van der Waals surface area contributed by atoms with E-state index in [4.69, 9.17) is 14.6 Å². The van der Waals surface area contributed by atoms with Gasteiger partial charge in [-0.25, -0.2) is 0 Å². The third-order valence-electron chi connectivity index (χ3n) is 4.24. The highest BCUT2D eigenvalue weighted by Crippen LogP contribution is 2.35. The Labute approximate surface area is 145 Å². The number of aliphatic hydroxyl groups excluding tert-OH is 1. The van der Waals surface area contributed by atoms with E-state index in [1.807, 2.05) is 0 Å². The largest absolute Gasteiger partial charge is 0.491 e. The Balaban J connectivity index is 2.57. The molecular formula is C21H28O3. The highest BCUT2D eigenvalue weighted by molar-refractivity contribution is 5.75. The zero-order valence-electron chi connectivity index (χ0n) is 15.2. The number of benzene rings is 2. The van der Waals surface area contributed by atoms with Crippen molar-refractivity contribution in [3.05, 3.63) is 52.6 Å². The summed E-state index contributed by atoms with van der Waals surface area (Å²) < 4.78 is 11.0. The molecule has 0 aromatic heterocycles. The smallest absolute Gasteiger partial charge is 0.120 e. The lowest BCUT2D eigenvalue weighted by Gasteiger charge is -2.19. The van der Waals surface area contributed by atoms with Crippen LogP contribution in [0, 0.1) is 13.8 Å². The van der Waals surface area contributed by atoms with E-state index in [1.165, 1.54) is 33.4 Å². The maximum Gasteiger partial charge on any atom is 0.120 e. The van der Waals surface area contributed by atoms with Gasteiger partial charge in [-0.1, -0.05) is 30.7 Å². The van der Waals surface area contributed by atoms with Crippen molar-refractivity contribution in [1.29, 1.82) is 0 Å². The predicted octanol–water partition coefficient (Wildman–Crippen LogP) is 4.09. The molecule has 0 spiro atoms. The summed E-state index contributed by atoms with van der Waals surface area (Å²) in [7, 11) is 1.73. The Hall–Kier alpha value is -1.84. The van der Waals surface area contributed by atoms with Crippen LogP contribution in [-0.4, -0.2) is 32.0 Å². The van der Waals surface area contributed by atoms with Crippen molar-refractivity contribution in [2.45, 2.75) is 33.6 Å². The van der Waals surface area contributed by atoms with Gasteiger partial charge in [0.15, 0.2) is 0 Å². The third kappa shape index (κ3) is 4.37. The monoisotopic (exact) mass is 328 g/mol. The van der Waals surface area contributed by atoms with Crippen LogP contribution in [0.2, 0.25) is 0 Å². The lowest BCUT2D eigenvalue weighted by atomic mass is 9.88. The van der Waals surface area contributed by atoms with Crippen LogP contribution >= 0.6 is 0 Å². The maximum absolute atomic E-state index is 9.01. The van der Waals surface area contributed by atoms with E-state index in [2.05, 4.69) is 51.1 Å². The number of ether oxygens (including phenoxy) is 2. The average molecular weight is 328 g/mol. The topological polar surface area (TPSA) is 38.7 Å². The SMILES string of the molecule is CCc1cc(OCCO)cc(CCOC)c1-c1ccc(C)cc1C. The minimum absolute atomic E-state index is 0.0215. The Morgan fingerprint density at radius 1 is 1.00 bits per heavy atom. The van der Waals surface area contributed by atoms with E-state index >= 15 is 0 Å². The Kier molecular flexibility index (Phi) is 6.83. The quantitative estimate of drug-likeness (QED) is 0.793. The number of methoxy groups -OCH3 is 1. The summed E-state index contributed by atoms with van der Waals surface area (Å²) in [5, 5.41) is 9.01. The normalized spacial score (nSPS) is 10.9. The Morgan fingerprint density at radius 3 is 2.38 bits per heavy atom. The van der Waals surface area contributed by atoms with Gasteiger partial charge in [-0.05, 0) is 66.6 Å². The Morgan fingerprint density at radius 2 is 1.75 bits per heavy atom. The van der Waals surface area contributed by atoms with Crippen LogP contribution < -0.4 is 4.74 Å². The van der Waals surface area contributed by atoms with Crippen LogP contribution in [0.25, 0.3) is 11.1 Å². The maximum atomic E-state index is 9.01. The molecule has 0 aliphatic rings. The summed E-state index contributed by atoms with van der Waals surface area (Å²) in [4.78, 5) is 0. The second-order valence-corrected chi connectivity index (χ2v) is 6.10. The first-order valence-corrected chi connectivity index (χ1v) is 8.56. The van der Waals surface area contributed by atoms with Crippen molar-refractivity contribution in [3.63, 3.8) is 0 Å². The molecule has 0 bridgehead atoms. The van der Waals surface area contributed by atoms with Crippen molar-refractivity contribution in [1.82, 2.24) is 0 Å². The minimum atomic E-state index is 0.0215. The molecule has 2 aromatic rings. The summed E-state index contributed by atoms with van der Waals surface area (Å²) in [6.45, 7) is 7.46. The molecule has 2 rings (SSSR count). The van der Waals surface area contributed by atoms with Crippen LogP contribution in [0.15, 0.2) is 30.3 Å². The zero-order chi connectivity index (χ0) is 17.5.